The Bertz CT molecular complexity index is 859. The van der Waals surface area contributed by atoms with Crippen LogP contribution in [0.2, 0.25) is 0 Å². The predicted molar refractivity (Wildman–Crippen MR) is 98.3 cm³/mol. The van der Waals surface area contributed by atoms with Crippen molar-refractivity contribution < 1.29 is 13.6 Å². The van der Waals surface area contributed by atoms with Gasteiger partial charge < -0.3 is 14.7 Å². The van der Waals surface area contributed by atoms with Gasteiger partial charge in [0.15, 0.2) is 5.82 Å². The number of rotatable bonds is 2. The molecule has 2 amide bonds. The number of hydrogen-bond donors (Lipinski definition) is 0. The SMILES string of the molecule is CN(C)C(=O)N1C[C@H]2CN(c3ccncc3F)C[C@H]2[C@@H]1c1cccc(F)c1. The van der Waals surface area contributed by atoms with Gasteiger partial charge >= 0.3 is 6.03 Å². The van der Waals surface area contributed by atoms with Crippen molar-refractivity contribution in [3.05, 3.63) is 59.9 Å². The van der Waals surface area contributed by atoms with Crippen molar-refractivity contribution in [3.8, 4) is 0 Å². The minimum atomic E-state index is -0.346. The van der Waals surface area contributed by atoms with E-state index in [1.807, 2.05) is 15.9 Å². The van der Waals surface area contributed by atoms with Crippen LogP contribution in [0, 0.1) is 23.5 Å². The second-order valence-corrected chi connectivity index (χ2v) is 7.49. The van der Waals surface area contributed by atoms with Crippen LogP contribution in [0.5, 0.6) is 0 Å². The highest BCUT2D eigenvalue weighted by Gasteiger charge is 2.49. The Morgan fingerprint density at radius 2 is 2.00 bits per heavy atom. The number of amides is 2. The van der Waals surface area contributed by atoms with Gasteiger partial charge in [0.05, 0.1) is 17.9 Å². The van der Waals surface area contributed by atoms with E-state index < -0.39 is 0 Å². The van der Waals surface area contributed by atoms with Gasteiger partial charge in [-0.05, 0) is 23.8 Å². The lowest BCUT2D eigenvalue weighted by Crippen LogP contribution is -2.41. The van der Waals surface area contributed by atoms with E-state index in [9.17, 15) is 13.6 Å². The van der Waals surface area contributed by atoms with Crippen molar-refractivity contribution in [2.75, 3.05) is 38.6 Å². The summed E-state index contributed by atoms with van der Waals surface area (Å²) in [5.74, 6) is -0.345. The number of benzene rings is 1. The summed E-state index contributed by atoms with van der Waals surface area (Å²) in [5.41, 5.74) is 1.32. The lowest BCUT2D eigenvalue weighted by molar-refractivity contribution is 0.159. The van der Waals surface area contributed by atoms with Crippen LogP contribution in [-0.2, 0) is 0 Å². The highest BCUT2D eigenvalue weighted by molar-refractivity contribution is 5.75. The Hall–Kier alpha value is -2.70. The van der Waals surface area contributed by atoms with Gasteiger partial charge in [-0.2, -0.15) is 0 Å². The average Bonchev–Trinajstić information content (AvgIpc) is 3.18. The average molecular weight is 372 g/mol. The maximum Gasteiger partial charge on any atom is 0.320 e. The first-order chi connectivity index (χ1) is 13.0. The fourth-order valence-electron chi connectivity index (χ4n) is 4.44. The van der Waals surface area contributed by atoms with E-state index in [4.69, 9.17) is 0 Å². The number of fused-ring (bicyclic) bond motifs is 1. The van der Waals surface area contributed by atoms with Crippen molar-refractivity contribution in [2.24, 2.45) is 11.8 Å². The van der Waals surface area contributed by atoms with E-state index in [2.05, 4.69) is 4.98 Å². The first-order valence-corrected chi connectivity index (χ1v) is 9.03. The molecule has 142 valence electrons. The molecule has 4 rings (SSSR count). The van der Waals surface area contributed by atoms with Crippen LogP contribution < -0.4 is 4.90 Å². The maximum absolute atomic E-state index is 14.2. The Balaban J connectivity index is 1.67. The highest BCUT2D eigenvalue weighted by Crippen LogP contribution is 2.46. The number of carbonyl (C=O) groups excluding carboxylic acids is 1. The smallest absolute Gasteiger partial charge is 0.320 e. The molecule has 0 radical (unpaired) electrons. The predicted octanol–water partition coefficient (Wildman–Crippen LogP) is 3.15. The van der Waals surface area contributed by atoms with E-state index in [-0.39, 0.29) is 35.5 Å². The number of aromatic nitrogens is 1. The summed E-state index contributed by atoms with van der Waals surface area (Å²) in [4.78, 5) is 21.9. The number of halogens is 2. The Morgan fingerprint density at radius 3 is 2.70 bits per heavy atom. The summed E-state index contributed by atoms with van der Waals surface area (Å²) in [6.07, 6.45) is 2.80. The van der Waals surface area contributed by atoms with Crippen LogP contribution in [0.3, 0.4) is 0 Å². The molecule has 0 aliphatic carbocycles. The summed E-state index contributed by atoms with van der Waals surface area (Å²) in [6.45, 7) is 1.85. The Morgan fingerprint density at radius 1 is 1.19 bits per heavy atom. The molecule has 0 spiro atoms. The van der Waals surface area contributed by atoms with Gasteiger partial charge in [-0.1, -0.05) is 12.1 Å². The summed E-state index contributed by atoms with van der Waals surface area (Å²) >= 11 is 0. The second kappa shape index (κ2) is 6.79. The van der Waals surface area contributed by atoms with Crippen molar-refractivity contribution in [3.63, 3.8) is 0 Å². The normalized spacial score (nSPS) is 24.2. The molecule has 27 heavy (non-hydrogen) atoms. The van der Waals surface area contributed by atoms with Gasteiger partial charge in [-0.15, -0.1) is 0 Å². The molecule has 2 aromatic rings. The van der Waals surface area contributed by atoms with Crippen LogP contribution in [-0.4, -0.2) is 54.5 Å². The third-order valence-electron chi connectivity index (χ3n) is 5.57. The number of urea groups is 1. The molecule has 2 aliphatic heterocycles. The van der Waals surface area contributed by atoms with Crippen molar-refractivity contribution in [1.29, 1.82) is 0 Å². The zero-order chi connectivity index (χ0) is 19.1. The largest absolute Gasteiger partial charge is 0.368 e. The molecule has 1 aromatic carbocycles. The van der Waals surface area contributed by atoms with E-state index >= 15 is 0 Å². The van der Waals surface area contributed by atoms with Gasteiger partial charge in [0.2, 0.25) is 0 Å². The van der Waals surface area contributed by atoms with Gasteiger partial charge in [0.1, 0.15) is 5.82 Å². The molecule has 0 bridgehead atoms. The monoisotopic (exact) mass is 372 g/mol. The van der Waals surface area contributed by atoms with E-state index in [0.717, 1.165) is 5.56 Å². The van der Waals surface area contributed by atoms with Crippen molar-refractivity contribution in [2.45, 2.75) is 6.04 Å². The van der Waals surface area contributed by atoms with Gasteiger partial charge in [-0.3, -0.25) is 4.98 Å². The minimum absolute atomic E-state index is 0.0831. The second-order valence-electron chi connectivity index (χ2n) is 7.49. The van der Waals surface area contributed by atoms with Crippen molar-refractivity contribution >= 4 is 11.7 Å². The van der Waals surface area contributed by atoms with Gasteiger partial charge in [0.25, 0.3) is 0 Å². The van der Waals surface area contributed by atoms with E-state index in [1.54, 1.807) is 37.3 Å². The number of carbonyl (C=O) groups is 1. The third-order valence-corrected chi connectivity index (χ3v) is 5.57. The lowest BCUT2D eigenvalue weighted by atomic mass is 9.89. The lowest BCUT2D eigenvalue weighted by Gasteiger charge is -2.32. The van der Waals surface area contributed by atoms with Crippen LogP contribution in [0.15, 0.2) is 42.7 Å². The van der Waals surface area contributed by atoms with Crippen molar-refractivity contribution in [1.82, 2.24) is 14.8 Å². The maximum atomic E-state index is 14.2. The first kappa shape index (κ1) is 17.7. The topological polar surface area (TPSA) is 39.7 Å². The molecule has 1 aromatic heterocycles. The van der Waals surface area contributed by atoms with Gasteiger partial charge in [-0.25, -0.2) is 13.6 Å². The molecule has 2 saturated heterocycles. The standard InChI is InChI=1S/C20H22F2N4O/c1-24(2)20(27)26-11-14-10-25(18-6-7-23-9-17(18)22)12-16(14)19(26)13-4-3-5-15(21)8-13/h3-9,14,16,19H,10-12H2,1-2H3/t14-,16-,19+/m1/s1. The minimum Gasteiger partial charge on any atom is -0.368 e. The molecule has 2 fully saturated rings. The quantitative estimate of drug-likeness (QED) is 0.813. The van der Waals surface area contributed by atoms with E-state index in [0.29, 0.717) is 25.3 Å². The number of hydrogen-bond acceptors (Lipinski definition) is 3. The molecule has 3 heterocycles. The van der Waals surface area contributed by atoms with Crippen LogP contribution in [0.1, 0.15) is 11.6 Å². The first-order valence-electron chi connectivity index (χ1n) is 9.03. The van der Waals surface area contributed by atoms with E-state index in [1.165, 1.54) is 18.3 Å². The van der Waals surface area contributed by atoms with Gasteiger partial charge in [0, 0.05) is 51.8 Å². The molecule has 5 nitrogen and oxygen atoms in total. The molecular weight excluding hydrogens is 350 g/mol. The zero-order valence-corrected chi connectivity index (χ0v) is 15.3. The zero-order valence-electron chi connectivity index (χ0n) is 15.3. The highest BCUT2D eigenvalue weighted by atomic mass is 19.1. The number of anilines is 1. The van der Waals surface area contributed by atoms with Crippen LogP contribution >= 0.6 is 0 Å². The molecule has 0 saturated carbocycles. The van der Waals surface area contributed by atoms with Crippen LogP contribution in [0.4, 0.5) is 19.3 Å². The summed E-state index contributed by atoms with van der Waals surface area (Å²) < 4.78 is 28.0. The summed E-state index contributed by atoms with van der Waals surface area (Å²) in [7, 11) is 3.44. The number of nitrogens with zero attached hydrogens (tertiary/aromatic N) is 4. The molecule has 2 aliphatic rings. The Kier molecular flexibility index (Phi) is 4.45. The number of pyridine rings is 1. The molecule has 7 heteroatoms. The molecule has 0 unspecified atom stereocenters. The fourth-order valence-corrected chi connectivity index (χ4v) is 4.44. The fraction of sp³-hybridized carbons (Fsp3) is 0.400. The molecule has 0 N–H and O–H groups in total. The Labute approximate surface area is 157 Å². The van der Waals surface area contributed by atoms with Crippen LogP contribution in [0.25, 0.3) is 0 Å². The molecule has 3 atom stereocenters. The summed E-state index contributed by atoms with van der Waals surface area (Å²) in [6, 6.07) is 7.81. The summed E-state index contributed by atoms with van der Waals surface area (Å²) in [5, 5.41) is 0. The molecular formula is C20H22F2N4O. The number of likely N-dealkylation sites (tertiary alicyclic amines) is 1. The third kappa shape index (κ3) is 3.11.